The summed E-state index contributed by atoms with van der Waals surface area (Å²) in [5.74, 6) is 0. The van der Waals surface area contributed by atoms with Gasteiger partial charge in [-0.2, -0.15) is 0 Å². The van der Waals surface area contributed by atoms with Crippen molar-refractivity contribution in [3.63, 3.8) is 0 Å². The molecular formula is C11H18. The van der Waals surface area contributed by atoms with Crippen LogP contribution >= 0.6 is 0 Å². The van der Waals surface area contributed by atoms with E-state index in [1.165, 1.54) is 51.4 Å². The van der Waals surface area contributed by atoms with Crippen LogP contribution in [0.4, 0.5) is 0 Å². The van der Waals surface area contributed by atoms with Crippen molar-refractivity contribution >= 4 is 0 Å². The summed E-state index contributed by atoms with van der Waals surface area (Å²) in [6, 6.07) is 0. The van der Waals surface area contributed by atoms with Crippen LogP contribution in [0, 0.1) is 5.41 Å². The summed E-state index contributed by atoms with van der Waals surface area (Å²) in [5.41, 5.74) is 0.771. The van der Waals surface area contributed by atoms with Gasteiger partial charge in [-0.1, -0.05) is 25.0 Å². The molecule has 1 spiro atoms. The molecule has 0 aromatic carbocycles. The van der Waals surface area contributed by atoms with E-state index in [0.29, 0.717) is 0 Å². The first kappa shape index (κ1) is 7.39. The van der Waals surface area contributed by atoms with Gasteiger partial charge in [0.25, 0.3) is 0 Å². The average Bonchev–Trinajstić information content (AvgIpc) is 2.32. The summed E-state index contributed by atoms with van der Waals surface area (Å²) >= 11 is 0. The van der Waals surface area contributed by atoms with Crippen LogP contribution in [-0.4, -0.2) is 0 Å². The molecule has 1 fully saturated rings. The number of allylic oxidation sites excluding steroid dienone is 2. The molecule has 0 amide bonds. The molecule has 2 aliphatic carbocycles. The minimum Gasteiger partial charge on any atom is -0.0885 e. The van der Waals surface area contributed by atoms with Gasteiger partial charge >= 0.3 is 0 Å². The molecule has 0 bridgehead atoms. The molecule has 0 saturated heterocycles. The Kier molecular flexibility index (Phi) is 2.02. The summed E-state index contributed by atoms with van der Waals surface area (Å²) in [7, 11) is 0. The van der Waals surface area contributed by atoms with E-state index in [-0.39, 0.29) is 0 Å². The molecule has 2 aliphatic rings. The SMILES string of the molecule is C1=CCC2(CCC1)CCCC2. The summed E-state index contributed by atoms with van der Waals surface area (Å²) in [4.78, 5) is 0. The molecule has 0 N–H and O–H groups in total. The minimum atomic E-state index is 0.771. The van der Waals surface area contributed by atoms with Gasteiger partial charge in [0, 0.05) is 0 Å². The lowest BCUT2D eigenvalue weighted by Crippen LogP contribution is -2.13. The highest BCUT2D eigenvalue weighted by molar-refractivity contribution is 4.96. The fourth-order valence-corrected chi connectivity index (χ4v) is 2.73. The van der Waals surface area contributed by atoms with Crippen molar-refractivity contribution < 1.29 is 0 Å². The van der Waals surface area contributed by atoms with E-state index in [9.17, 15) is 0 Å². The Morgan fingerprint density at radius 1 is 0.818 bits per heavy atom. The summed E-state index contributed by atoms with van der Waals surface area (Å²) in [6.07, 6.45) is 16.5. The van der Waals surface area contributed by atoms with E-state index >= 15 is 0 Å². The molecule has 0 radical (unpaired) electrons. The Labute approximate surface area is 69.7 Å². The first-order valence-corrected chi connectivity index (χ1v) is 5.06. The van der Waals surface area contributed by atoms with Gasteiger partial charge in [0.05, 0.1) is 0 Å². The van der Waals surface area contributed by atoms with E-state index in [1.54, 1.807) is 0 Å². The summed E-state index contributed by atoms with van der Waals surface area (Å²) in [5, 5.41) is 0. The lowest BCUT2D eigenvalue weighted by molar-refractivity contribution is 0.274. The lowest BCUT2D eigenvalue weighted by atomic mass is 9.79. The largest absolute Gasteiger partial charge is 0.0885 e. The van der Waals surface area contributed by atoms with E-state index in [0.717, 1.165) is 5.41 Å². The average molecular weight is 150 g/mol. The van der Waals surface area contributed by atoms with E-state index < -0.39 is 0 Å². The third kappa shape index (κ3) is 1.50. The molecule has 0 nitrogen and oxygen atoms in total. The Morgan fingerprint density at radius 2 is 1.55 bits per heavy atom. The Bertz CT molecular complexity index is 149. The monoisotopic (exact) mass is 150 g/mol. The van der Waals surface area contributed by atoms with Gasteiger partial charge < -0.3 is 0 Å². The number of rotatable bonds is 0. The predicted molar refractivity (Wildman–Crippen MR) is 48.5 cm³/mol. The zero-order valence-corrected chi connectivity index (χ0v) is 7.31. The highest BCUT2D eigenvalue weighted by Crippen LogP contribution is 2.46. The molecule has 2 rings (SSSR count). The molecule has 62 valence electrons. The Hall–Kier alpha value is -0.260. The van der Waals surface area contributed by atoms with Crippen LogP contribution < -0.4 is 0 Å². The summed E-state index contributed by atoms with van der Waals surface area (Å²) < 4.78 is 0. The fraction of sp³-hybridized carbons (Fsp3) is 0.818. The number of hydrogen-bond acceptors (Lipinski definition) is 0. The molecule has 0 heterocycles. The zero-order chi connectivity index (χ0) is 7.57. The Balaban J connectivity index is 2.04. The van der Waals surface area contributed by atoms with Crippen LogP contribution in [0.15, 0.2) is 12.2 Å². The normalized spacial score (nSPS) is 29.1. The van der Waals surface area contributed by atoms with Gasteiger partial charge in [-0.3, -0.25) is 0 Å². The predicted octanol–water partition coefficient (Wildman–Crippen LogP) is 3.68. The van der Waals surface area contributed by atoms with E-state index in [1.807, 2.05) is 0 Å². The van der Waals surface area contributed by atoms with Gasteiger partial charge in [-0.15, -0.1) is 0 Å². The van der Waals surface area contributed by atoms with Crippen LogP contribution in [0.5, 0.6) is 0 Å². The molecule has 0 unspecified atom stereocenters. The van der Waals surface area contributed by atoms with Crippen molar-refractivity contribution in [2.24, 2.45) is 5.41 Å². The van der Waals surface area contributed by atoms with Crippen LogP contribution in [0.1, 0.15) is 51.4 Å². The lowest BCUT2D eigenvalue weighted by Gasteiger charge is -2.26. The molecular weight excluding hydrogens is 132 g/mol. The van der Waals surface area contributed by atoms with Crippen molar-refractivity contribution in [3.8, 4) is 0 Å². The second-order valence-corrected chi connectivity index (χ2v) is 4.27. The van der Waals surface area contributed by atoms with Crippen LogP contribution in [-0.2, 0) is 0 Å². The van der Waals surface area contributed by atoms with Crippen LogP contribution in [0.25, 0.3) is 0 Å². The van der Waals surface area contributed by atoms with Crippen LogP contribution in [0.2, 0.25) is 0 Å². The minimum absolute atomic E-state index is 0.771. The van der Waals surface area contributed by atoms with Gasteiger partial charge in [0.15, 0.2) is 0 Å². The highest BCUT2D eigenvalue weighted by Gasteiger charge is 2.32. The molecule has 0 atom stereocenters. The quantitative estimate of drug-likeness (QED) is 0.462. The highest BCUT2D eigenvalue weighted by atomic mass is 14.4. The first-order valence-electron chi connectivity index (χ1n) is 5.06. The van der Waals surface area contributed by atoms with Gasteiger partial charge in [0.1, 0.15) is 0 Å². The van der Waals surface area contributed by atoms with E-state index in [2.05, 4.69) is 12.2 Å². The molecule has 0 aromatic rings. The Morgan fingerprint density at radius 3 is 2.36 bits per heavy atom. The molecule has 11 heavy (non-hydrogen) atoms. The number of hydrogen-bond donors (Lipinski definition) is 0. The van der Waals surface area contributed by atoms with E-state index in [4.69, 9.17) is 0 Å². The third-order valence-electron chi connectivity index (χ3n) is 3.46. The fourth-order valence-electron chi connectivity index (χ4n) is 2.73. The maximum Gasteiger partial charge on any atom is -0.0263 e. The van der Waals surface area contributed by atoms with Gasteiger partial charge in [-0.25, -0.2) is 0 Å². The third-order valence-corrected chi connectivity index (χ3v) is 3.46. The van der Waals surface area contributed by atoms with Crippen LogP contribution in [0.3, 0.4) is 0 Å². The van der Waals surface area contributed by atoms with Crippen molar-refractivity contribution in [3.05, 3.63) is 12.2 Å². The smallest absolute Gasteiger partial charge is 0.0263 e. The van der Waals surface area contributed by atoms with Crippen molar-refractivity contribution in [2.75, 3.05) is 0 Å². The maximum atomic E-state index is 2.43. The second-order valence-electron chi connectivity index (χ2n) is 4.27. The molecule has 0 heteroatoms. The first-order chi connectivity index (χ1) is 5.41. The summed E-state index contributed by atoms with van der Waals surface area (Å²) in [6.45, 7) is 0. The second kappa shape index (κ2) is 3.00. The van der Waals surface area contributed by atoms with Gasteiger partial charge in [-0.05, 0) is 43.9 Å². The van der Waals surface area contributed by atoms with Crippen molar-refractivity contribution in [2.45, 2.75) is 51.4 Å². The topological polar surface area (TPSA) is 0 Å². The van der Waals surface area contributed by atoms with Gasteiger partial charge in [0.2, 0.25) is 0 Å². The van der Waals surface area contributed by atoms with Crippen molar-refractivity contribution in [1.29, 1.82) is 0 Å². The molecule has 0 aliphatic heterocycles. The standard InChI is InChI=1S/C11H18/c1-2-4-8-11(7-3-1)9-5-6-10-11/h1,3H,2,4-10H2. The molecule has 0 aromatic heterocycles. The maximum absolute atomic E-state index is 2.43. The zero-order valence-electron chi connectivity index (χ0n) is 7.31. The molecule has 1 saturated carbocycles. The van der Waals surface area contributed by atoms with Crippen molar-refractivity contribution in [1.82, 2.24) is 0 Å².